The first-order valence-corrected chi connectivity index (χ1v) is 7.80. The van der Waals surface area contributed by atoms with E-state index in [0.717, 1.165) is 12.8 Å². The average Bonchev–Trinajstić information content (AvgIpc) is 2.98. The fourth-order valence-corrected chi connectivity index (χ4v) is 4.70. The molecule has 0 N–H and O–H groups in total. The fraction of sp³-hybridized carbons (Fsp3) is 0.455. The van der Waals surface area contributed by atoms with Gasteiger partial charge in [0.2, 0.25) is 0 Å². The zero-order chi connectivity index (χ0) is 11.8. The zero-order valence-corrected chi connectivity index (χ0v) is 11.0. The van der Waals surface area contributed by atoms with Crippen LogP contribution in [0.5, 0.6) is 0 Å². The van der Waals surface area contributed by atoms with Crippen LogP contribution in [0.25, 0.3) is 0 Å². The van der Waals surface area contributed by atoms with Crippen molar-refractivity contribution >= 4 is 25.8 Å². The number of halogens is 2. The molecule has 1 aromatic carbocycles. The van der Waals surface area contributed by atoms with E-state index in [1.165, 1.54) is 18.2 Å². The molecule has 0 saturated heterocycles. The van der Waals surface area contributed by atoms with Crippen LogP contribution >= 0.6 is 15.9 Å². The van der Waals surface area contributed by atoms with Crippen molar-refractivity contribution in [3.8, 4) is 0 Å². The Morgan fingerprint density at radius 1 is 1.31 bits per heavy atom. The van der Waals surface area contributed by atoms with Crippen molar-refractivity contribution in [2.75, 3.05) is 11.1 Å². The molecule has 0 spiro atoms. The number of sulfone groups is 1. The Hall–Kier alpha value is -0.420. The molecule has 1 aliphatic carbocycles. The smallest absolute Gasteiger partial charge is 0.181 e. The molecule has 0 unspecified atom stereocenters. The van der Waals surface area contributed by atoms with Gasteiger partial charge in [-0.3, -0.25) is 0 Å². The van der Waals surface area contributed by atoms with Crippen LogP contribution < -0.4 is 0 Å². The van der Waals surface area contributed by atoms with E-state index in [9.17, 15) is 12.8 Å². The Morgan fingerprint density at radius 2 is 1.94 bits per heavy atom. The van der Waals surface area contributed by atoms with Gasteiger partial charge in [0.1, 0.15) is 10.7 Å². The van der Waals surface area contributed by atoms with Crippen molar-refractivity contribution in [2.24, 2.45) is 5.41 Å². The molecule has 0 amide bonds. The molecule has 2 nitrogen and oxygen atoms in total. The molecule has 16 heavy (non-hydrogen) atoms. The number of alkyl halides is 1. The Balaban J connectivity index is 2.30. The highest BCUT2D eigenvalue weighted by atomic mass is 79.9. The highest BCUT2D eigenvalue weighted by Crippen LogP contribution is 2.48. The minimum atomic E-state index is -3.50. The van der Waals surface area contributed by atoms with Gasteiger partial charge in [-0.2, -0.15) is 0 Å². The molecular weight excluding hydrogens is 295 g/mol. The van der Waals surface area contributed by atoms with Gasteiger partial charge in [0.25, 0.3) is 0 Å². The minimum Gasteiger partial charge on any atom is -0.224 e. The summed E-state index contributed by atoms with van der Waals surface area (Å²) in [6.07, 6.45) is 1.79. The lowest BCUT2D eigenvalue weighted by Crippen LogP contribution is -2.19. The second kappa shape index (κ2) is 4.11. The normalized spacial score (nSPS) is 18.4. The lowest BCUT2D eigenvalue weighted by atomic mass is 10.2. The van der Waals surface area contributed by atoms with E-state index in [2.05, 4.69) is 15.9 Å². The molecule has 88 valence electrons. The highest BCUT2D eigenvalue weighted by molar-refractivity contribution is 9.09. The van der Waals surface area contributed by atoms with Gasteiger partial charge in [0.15, 0.2) is 9.84 Å². The first-order chi connectivity index (χ1) is 7.49. The largest absolute Gasteiger partial charge is 0.224 e. The van der Waals surface area contributed by atoms with Crippen molar-refractivity contribution < 1.29 is 12.8 Å². The van der Waals surface area contributed by atoms with Crippen LogP contribution in [0.3, 0.4) is 0 Å². The molecule has 1 saturated carbocycles. The van der Waals surface area contributed by atoms with Gasteiger partial charge in [0, 0.05) is 5.33 Å². The molecule has 0 aliphatic heterocycles. The molecule has 0 atom stereocenters. The summed E-state index contributed by atoms with van der Waals surface area (Å²) in [6.45, 7) is 0. The van der Waals surface area contributed by atoms with Gasteiger partial charge in [-0.1, -0.05) is 28.1 Å². The maximum atomic E-state index is 13.4. The fourth-order valence-electron chi connectivity index (χ4n) is 1.67. The van der Waals surface area contributed by atoms with Gasteiger partial charge >= 0.3 is 0 Å². The number of hydrogen-bond donors (Lipinski definition) is 0. The predicted molar refractivity (Wildman–Crippen MR) is 63.9 cm³/mol. The molecule has 1 aliphatic rings. The Bertz CT molecular complexity index is 494. The third-order valence-electron chi connectivity index (χ3n) is 2.91. The van der Waals surface area contributed by atoms with E-state index in [0.29, 0.717) is 5.33 Å². The van der Waals surface area contributed by atoms with Crippen LogP contribution in [0.4, 0.5) is 4.39 Å². The zero-order valence-electron chi connectivity index (χ0n) is 8.62. The molecule has 0 bridgehead atoms. The first-order valence-electron chi connectivity index (χ1n) is 5.02. The maximum Gasteiger partial charge on any atom is 0.181 e. The first kappa shape index (κ1) is 12.0. The summed E-state index contributed by atoms with van der Waals surface area (Å²) >= 11 is 3.32. The summed E-state index contributed by atoms with van der Waals surface area (Å²) in [6, 6.07) is 5.55. The van der Waals surface area contributed by atoms with E-state index in [1.807, 2.05) is 0 Å². The van der Waals surface area contributed by atoms with Crippen molar-refractivity contribution in [3.63, 3.8) is 0 Å². The van der Waals surface area contributed by atoms with E-state index in [4.69, 9.17) is 0 Å². The molecular formula is C11H12BrFO2S. The summed E-state index contributed by atoms with van der Waals surface area (Å²) in [5, 5.41) is 0.660. The molecule has 0 radical (unpaired) electrons. The average molecular weight is 307 g/mol. The monoisotopic (exact) mass is 306 g/mol. The topological polar surface area (TPSA) is 34.1 Å². The summed E-state index contributed by atoms with van der Waals surface area (Å²) in [5.41, 5.74) is -0.166. The third-order valence-corrected chi connectivity index (χ3v) is 6.09. The quantitative estimate of drug-likeness (QED) is 0.802. The van der Waals surface area contributed by atoms with Crippen LogP contribution in [0.1, 0.15) is 12.8 Å². The molecule has 5 heteroatoms. The number of rotatable bonds is 4. The number of hydrogen-bond acceptors (Lipinski definition) is 2. The lowest BCUT2D eigenvalue weighted by molar-refractivity contribution is 0.552. The van der Waals surface area contributed by atoms with E-state index in [1.54, 1.807) is 6.07 Å². The number of benzene rings is 1. The van der Waals surface area contributed by atoms with Gasteiger partial charge in [0.05, 0.1) is 5.75 Å². The third kappa shape index (κ3) is 2.30. The Morgan fingerprint density at radius 3 is 2.44 bits per heavy atom. The van der Waals surface area contributed by atoms with Gasteiger partial charge in [-0.05, 0) is 30.4 Å². The van der Waals surface area contributed by atoms with Crippen molar-refractivity contribution in [3.05, 3.63) is 30.1 Å². The SMILES string of the molecule is O=S(=O)(CC1(CBr)CC1)c1ccccc1F. The van der Waals surface area contributed by atoms with Crippen LogP contribution in [0.15, 0.2) is 29.2 Å². The molecule has 1 fully saturated rings. The standard InChI is InChI=1S/C11H12BrFO2S/c12-7-11(5-6-11)8-16(14,15)10-4-2-1-3-9(10)13/h1-4H,5-8H2. The Labute approximate surface area is 103 Å². The van der Waals surface area contributed by atoms with Crippen LogP contribution in [0, 0.1) is 11.2 Å². The minimum absolute atomic E-state index is 0.0339. The van der Waals surface area contributed by atoms with Crippen molar-refractivity contribution in [1.82, 2.24) is 0 Å². The van der Waals surface area contributed by atoms with E-state index >= 15 is 0 Å². The van der Waals surface area contributed by atoms with E-state index in [-0.39, 0.29) is 16.1 Å². The van der Waals surface area contributed by atoms with Gasteiger partial charge in [-0.15, -0.1) is 0 Å². The van der Waals surface area contributed by atoms with Gasteiger partial charge < -0.3 is 0 Å². The second-order valence-corrected chi connectivity index (χ2v) is 6.84. The molecule has 1 aromatic rings. The summed E-state index contributed by atoms with van der Waals surface area (Å²) in [4.78, 5) is -0.178. The lowest BCUT2D eigenvalue weighted by Gasteiger charge is -2.12. The molecule has 2 rings (SSSR count). The Kier molecular flexibility index (Phi) is 3.09. The predicted octanol–water partition coefficient (Wildman–Crippen LogP) is 2.77. The highest BCUT2D eigenvalue weighted by Gasteiger charge is 2.45. The van der Waals surface area contributed by atoms with E-state index < -0.39 is 15.7 Å². The maximum absolute atomic E-state index is 13.4. The summed E-state index contributed by atoms with van der Waals surface area (Å²) < 4.78 is 37.4. The van der Waals surface area contributed by atoms with Crippen molar-refractivity contribution in [1.29, 1.82) is 0 Å². The van der Waals surface area contributed by atoms with Gasteiger partial charge in [-0.25, -0.2) is 12.8 Å². The summed E-state index contributed by atoms with van der Waals surface area (Å²) in [7, 11) is -3.50. The molecule has 0 heterocycles. The van der Waals surface area contributed by atoms with Crippen LogP contribution in [0.2, 0.25) is 0 Å². The second-order valence-electron chi connectivity index (χ2n) is 4.32. The summed E-state index contributed by atoms with van der Waals surface area (Å²) in [5.74, 6) is -0.625. The van der Waals surface area contributed by atoms with Crippen LogP contribution in [-0.2, 0) is 9.84 Å². The van der Waals surface area contributed by atoms with Crippen molar-refractivity contribution in [2.45, 2.75) is 17.7 Å². The van der Waals surface area contributed by atoms with Crippen LogP contribution in [-0.4, -0.2) is 19.5 Å². The molecule has 0 aromatic heterocycles.